The normalized spacial score (nSPS) is 17.4. The van der Waals surface area contributed by atoms with Gasteiger partial charge in [0.25, 0.3) is 5.91 Å². The molecule has 1 aromatic carbocycles. The molecule has 1 aromatic rings. The van der Waals surface area contributed by atoms with Gasteiger partial charge in [0.05, 0.1) is 10.5 Å². The van der Waals surface area contributed by atoms with Crippen LogP contribution in [0.25, 0.3) is 0 Å². The summed E-state index contributed by atoms with van der Waals surface area (Å²) < 4.78 is 30.6. The summed E-state index contributed by atoms with van der Waals surface area (Å²) in [5.74, 6) is -1.90. The largest absolute Gasteiger partial charge is 0.452 e. The Morgan fingerprint density at radius 1 is 1.25 bits per heavy atom. The smallest absolute Gasteiger partial charge is 0.338 e. The molecule has 1 atom stereocenters. The van der Waals surface area contributed by atoms with E-state index in [4.69, 9.17) is 10.5 Å². The van der Waals surface area contributed by atoms with Crippen molar-refractivity contribution >= 4 is 27.8 Å². The molecule has 0 radical (unpaired) electrons. The lowest BCUT2D eigenvalue weighted by Crippen LogP contribution is -2.51. The molecule has 0 saturated carbocycles. The van der Waals surface area contributed by atoms with E-state index in [0.29, 0.717) is 18.5 Å². The zero-order valence-electron chi connectivity index (χ0n) is 16.2. The van der Waals surface area contributed by atoms with Crippen molar-refractivity contribution in [3.8, 4) is 0 Å². The molecule has 1 saturated heterocycles. The highest BCUT2D eigenvalue weighted by Crippen LogP contribution is 2.20. The topological polar surface area (TPSA) is 127 Å². The summed E-state index contributed by atoms with van der Waals surface area (Å²) in [4.78, 5) is 37.6. The molecule has 2 rings (SSSR count). The van der Waals surface area contributed by atoms with E-state index in [0.717, 1.165) is 17.1 Å². The number of sulfonamides is 1. The second kappa shape index (κ2) is 8.70. The van der Waals surface area contributed by atoms with E-state index in [1.54, 1.807) is 6.92 Å². The number of rotatable bonds is 6. The van der Waals surface area contributed by atoms with E-state index in [1.165, 1.54) is 37.2 Å². The molecule has 2 amide bonds. The number of hydrogen-bond acceptors (Lipinski definition) is 6. The van der Waals surface area contributed by atoms with E-state index < -0.39 is 40.5 Å². The van der Waals surface area contributed by atoms with E-state index in [1.807, 2.05) is 0 Å². The van der Waals surface area contributed by atoms with E-state index >= 15 is 0 Å². The van der Waals surface area contributed by atoms with Crippen molar-refractivity contribution in [2.24, 2.45) is 5.73 Å². The van der Waals surface area contributed by atoms with Gasteiger partial charge in [-0.2, -0.15) is 0 Å². The molecule has 154 valence electrons. The van der Waals surface area contributed by atoms with Gasteiger partial charge in [-0.05, 0) is 43.9 Å². The SMILES string of the molecule is Cc1ccc(S(=O)(=O)N(C)C)cc1C(=O)OCC(=O)N1CCCC[C@H]1C(N)=O. The molecule has 28 heavy (non-hydrogen) atoms. The predicted octanol–water partition coefficient (Wildman–Crippen LogP) is 0.269. The lowest BCUT2D eigenvalue weighted by Gasteiger charge is -2.33. The maximum absolute atomic E-state index is 12.4. The van der Waals surface area contributed by atoms with Crippen molar-refractivity contribution in [3.63, 3.8) is 0 Å². The fourth-order valence-electron chi connectivity index (χ4n) is 3.01. The van der Waals surface area contributed by atoms with E-state index in [-0.39, 0.29) is 10.5 Å². The van der Waals surface area contributed by atoms with Gasteiger partial charge >= 0.3 is 5.97 Å². The van der Waals surface area contributed by atoms with Gasteiger partial charge in [0.2, 0.25) is 15.9 Å². The van der Waals surface area contributed by atoms with Crippen LogP contribution in [0.15, 0.2) is 23.1 Å². The zero-order valence-corrected chi connectivity index (χ0v) is 17.0. The number of piperidine rings is 1. The Labute approximate surface area is 164 Å². The number of ether oxygens (including phenoxy) is 1. The molecule has 10 heteroatoms. The average molecular weight is 411 g/mol. The van der Waals surface area contributed by atoms with Gasteiger partial charge in [0.15, 0.2) is 6.61 Å². The van der Waals surface area contributed by atoms with Crippen LogP contribution < -0.4 is 5.73 Å². The average Bonchev–Trinajstić information content (AvgIpc) is 2.65. The predicted molar refractivity (Wildman–Crippen MR) is 101 cm³/mol. The van der Waals surface area contributed by atoms with Crippen LogP contribution in [0.3, 0.4) is 0 Å². The minimum Gasteiger partial charge on any atom is -0.452 e. The van der Waals surface area contributed by atoms with Crippen LogP contribution in [0.4, 0.5) is 0 Å². The van der Waals surface area contributed by atoms with Crippen molar-refractivity contribution in [2.75, 3.05) is 27.2 Å². The fourth-order valence-corrected chi connectivity index (χ4v) is 3.93. The second-order valence-electron chi connectivity index (χ2n) is 6.84. The molecular weight excluding hydrogens is 386 g/mol. The first kappa shape index (κ1) is 21.8. The first-order chi connectivity index (χ1) is 13.1. The molecule has 0 aromatic heterocycles. The molecule has 2 N–H and O–H groups in total. The molecule has 1 aliphatic rings. The Hall–Kier alpha value is -2.46. The third-order valence-corrected chi connectivity index (χ3v) is 6.50. The third kappa shape index (κ3) is 4.68. The summed E-state index contributed by atoms with van der Waals surface area (Å²) >= 11 is 0. The summed E-state index contributed by atoms with van der Waals surface area (Å²) in [6.07, 6.45) is 2.02. The second-order valence-corrected chi connectivity index (χ2v) is 8.99. The number of esters is 1. The lowest BCUT2D eigenvalue weighted by atomic mass is 10.0. The Kier molecular flexibility index (Phi) is 6.78. The van der Waals surface area contributed by atoms with Crippen LogP contribution in [0.5, 0.6) is 0 Å². The number of nitrogens with zero attached hydrogens (tertiary/aromatic N) is 2. The zero-order chi connectivity index (χ0) is 21.1. The van der Waals surface area contributed by atoms with Crippen LogP contribution in [0.2, 0.25) is 0 Å². The maximum atomic E-state index is 12.4. The number of likely N-dealkylation sites (tertiary alicyclic amines) is 1. The van der Waals surface area contributed by atoms with Crippen LogP contribution in [-0.2, 0) is 24.3 Å². The number of primary amides is 1. The molecule has 0 bridgehead atoms. The highest BCUT2D eigenvalue weighted by atomic mass is 32.2. The van der Waals surface area contributed by atoms with Crippen molar-refractivity contribution in [3.05, 3.63) is 29.3 Å². The van der Waals surface area contributed by atoms with Crippen LogP contribution in [-0.4, -0.2) is 68.7 Å². The quantitative estimate of drug-likeness (QED) is 0.670. The van der Waals surface area contributed by atoms with Gasteiger partial charge in [0, 0.05) is 20.6 Å². The molecule has 0 spiro atoms. The third-order valence-electron chi connectivity index (χ3n) is 4.69. The van der Waals surface area contributed by atoms with Crippen LogP contribution >= 0.6 is 0 Å². The van der Waals surface area contributed by atoms with Gasteiger partial charge in [0.1, 0.15) is 6.04 Å². The summed E-state index contributed by atoms with van der Waals surface area (Å²) in [5, 5.41) is 0. The Morgan fingerprint density at radius 2 is 1.93 bits per heavy atom. The highest BCUT2D eigenvalue weighted by molar-refractivity contribution is 7.89. The highest BCUT2D eigenvalue weighted by Gasteiger charge is 2.31. The minimum atomic E-state index is -3.72. The van der Waals surface area contributed by atoms with Crippen molar-refractivity contribution in [1.29, 1.82) is 0 Å². The summed E-state index contributed by atoms with van der Waals surface area (Å²) in [6, 6.07) is 3.43. The van der Waals surface area contributed by atoms with E-state index in [9.17, 15) is 22.8 Å². The first-order valence-electron chi connectivity index (χ1n) is 8.84. The van der Waals surface area contributed by atoms with Gasteiger partial charge < -0.3 is 15.4 Å². The van der Waals surface area contributed by atoms with Crippen molar-refractivity contribution in [2.45, 2.75) is 37.1 Å². The standard InChI is InChI=1S/C18H25N3O6S/c1-12-7-8-13(28(25,26)20(2)3)10-14(12)18(24)27-11-16(22)21-9-5-4-6-15(21)17(19)23/h7-8,10,15H,4-6,9,11H2,1-3H3,(H2,19,23)/t15-/m0/s1. The van der Waals surface area contributed by atoms with E-state index in [2.05, 4.69) is 0 Å². The number of amides is 2. The Balaban J connectivity index is 2.13. The number of nitrogens with two attached hydrogens (primary N) is 1. The summed E-state index contributed by atoms with van der Waals surface area (Å²) in [5.41, 5.74) is 5.92. The molecule has 9 nitrogen and oxygen atoms in total. The van der Waals surface area contributed by atoms with Gasteiger partial charge in [-0.15, -0.1) is 0 Å². The van der Waals surface area contributed by atoms with Crippen molar-refractivity contribution < 1.29 is 27.5 Å². The summed E-state index contributed by atoms with van der Waals surface area (Å²) in [6.45, 7) is 1.46. The molecular formula is C18H25N3O6S. The molecule has 1 aliphatic heterocycles. The lowest BCUT2D eigenvalue weighted by molar-refractivity contribution is -0.143. The number of carbonyl (C=O) groups excluding carboxylic acids is 3. The van der Waals surface area contributed by atoms with Gasteiger partial charge in [-0.1, -0.05) is 6.07 Å². The number of hydrogen-bond donors (Lipinski definition) is 1. The van der Waals surface area contributed by atoms with Crippen LogP contribution in [0.1, 0.15) is 35.2 Å². The summed E-state index contributed by atoms with van der Waals surface area (Å²) in [7, 11) is -0.939. The monoisotopic (exact) mass is 411 g/mol. The Morgan fingerprint density at radius 3 is 2.54 bits per heavy atom. The molecule has 1 heterocycles. The number of carbonyl (C=O) groups is 3. The van der Waals surface area contributed by atoms with Crippen molar-refractivity contribution in [1.82, 2.24) is 9.21 Å². The fraction of sp³-hybridized carbons (Fsp3) is 0.500. The minimum absolute atomic E-state index is 0.0498. The van der Waals surface area contributed by atoms with Crippen LogP contribution in [0, 0.1) is 6.92 Å². The van der Waals surface area contributed by atoms with Gasteiger partial charge in [-0.3, -0.25) is 9.59 Å². The number of benzene rings is 1. The first-order valence-corrected chi connectivity index (χ1v) is 10.3. The molecule has 0 aliphatic carbocycles. The number of aryl methyl sites for hydroxylation is 1. The Bertz CT molecular complexity index is 881. The molecule has 0 unspecified atom stereocenters. The maximum Gasteiger partial charge on any atom is 0.338 e. The van der Waals surface area contributed by atoms with Gasteiger partial charge in [-0.25, -0.2) is 17.5 Å². The molecule has 1 fully saturated rings.